The first-order valence-electron chi connectivity index (χ1n) is 1.79. The van der Waals surface area contributed by atoms with Crippen molar-refractivity contribution < 1.29 is 4.39 Å². The lowest BCUT2D eigenvalue weighted by molar-refractivity contribution is 0.597. The standard InChI is InChI=1S/C4H3FN2/c5-4-3-6-1-2-7-4/h1-2,7H. The highest BCUT2D eigenvalue weighted by atomic mass is 19.1. The quantitative estimate of drug-likeness (QED) is 0.439. The average Bonchev–Trinajstić information content (AvgIpc) is 1.69. The summed E-state index contributed by atoms with van der Waals surface area (Å²) < 4.78 is 11.7. The van der Waals surface area contributed by atoms with E-state index in [1.54, 1.807) is 0 Å². The van der Waals surface area contributed by atoms with Gasteiger partial charge in [0.15, 0.2) is 0 Å². The molecule has 0 aromatic heterocycles. The summed E-state index contributed by atoms with van der Waals surface area (Å²) in [5.74, 6) is 1.52. The molecule has 2 nitrogen and oxygen atoms in total. The number of rotatable bonds is 0. The Morgan fingerprint density at radius 3 is 3.00 bits per heavy atom. The summed E-state index contributed by atoms with van der Waals surface area (Å²) in [7, 11) is 0. The van der Waals surface area contributed by atoms with Gasteiger partial charge in [-0.05, 0) is 0 Å². The molecule has 0 saturated carbocycles. The number of aliphatic imine (C=N–C) groups is 1. The molecule has 0 spiro atoms. The van der Waals surface area contributed by atoms with Crippen molar-refractivity contribution in [2.75, 3.05) is 0 Å². The second-order valence-electron chi connectivity index (χ2n) is 1.01. The molecule has 1 rings (SSSR count). The number of hydrogen-bond donors (Lipinski definition) is 1. The Morgan fingerprint density at radius 1 is 1.86 bits per heavy atom. The first-order chi connectivity index (χ1) is 3.39. The summed E-state index contributed by atoms with van der Waals surface area (Å²) in [6.07, 6.45) is 2.81. The van der Waals surface area contributed by atoms with E-state index in [0.29, 0.717) is 0 Å². The topological polar surface area (TPSA) is 24.4 Å². The van der Waals surface area contributed by atoms with Crippen LogP contribution in [0.3, 0.4) is 0 Å². The average molecular weight is 98.1 g/mol. The minimum absolute atomic E-state index is 0.539. The van der Waals surface area contributed by atoms with Gasteiger partial charge in [0.05, 0.1) is 6.20 Å². The van der Waals surface area contributed by atoms with Crippen LogP contribution in [0.1, 0.15) is 0 Å². The molecule has 0 atom stereocenters. The van der Waals surface area contributed by atoms with Crippen LogP contribution in [0, 0.1) is 0 Å². The smallest absolute Gasteiger partial charge is 0.253 e. The van der Waals surface area contributed by atoms with Crippen molar-refractivity contribution in [1.82, 2.24) is 5.32 Å². The number of hydrogen-bond acceptors (Lipinski definition) is 2. The van der Waals surface area contributed by atoms with E-state index in [9.17, 15) is 4.39 Å². The Labute approximate surface area is 40.1 Å². The highest BCUT2D eigenvalue weighted by Crippen LogP contribution is 1.86. The molecule has 0 bridgehead atoms. The molecule has 0 saturated heterocycles. The van der Waals surface area contributed by atoms with E-state index < -0.39 is 5.95 Å². The van der Waals surface area contributed by atoms with Crippen molar-refractivity contribution in [1.29, 1.82) is 0 Å². The Kier molecular flexibility index (Phi) is 0.922. The third kappa shape index (κ3) is 0.876. The molecule has 0 fully saturated rings. The van der Waals surface area contributed by atoms with E-state index in [0.717, 1.165) is 0 Å². The van der Waals surface area contributed by atoms with Crippen molar-refractivity contribution in [2.24, 2.45) is 4.99 Å². The summed E-state index contributed by atoms with van der Waals surface area (Å²) in [4.78, 5) is 3.35. The van der Waals surface area contributed by atoms with Crippen molar-refractivity contribution in [3.8, 4) is 0 Å². The van der Waals surface area contributed by atoms with E-state index >= 15 is 0 Å². The van der Waals surface area contributed by atoms with Crippen LogP contribution in [0.25, 0.3) is 0 Å². The van der Waals surface area contributed by atoms with Crippen LogP contribution in [-0.2, 0) is 0 Å². The molecule has 1 aliphatic rings. The number of halogens is 1. The van der Waals surface area contributed by atoms with Crippen LogP contribution in [-0.4, -0.2) is 5.87 Å². The Morgan fingerprint density at radius 2 is 2.71 bits per heavy atom. The maximum absolute atomic E-state index is 11.7. The zero-order chi connectivity index (χ0) is 5.11. The van der Waals surface area contributed by atoms with Gasteiger partial charge in [-0.3, -0.25) is 0 Å². The van der Waals surface area contributed by atoms with Gasteiger partial charge in [0.2, 0.25) is 0 Å². The summed E-state index contributed by atoms with van der Waals surface area (Å²) in [6.45, 7) is 0. The fraction of sp³-hybridized carbons (Fsp3) is 0. The van der Waals surface area contributed by atoms with Crippen molar-refractivity contribution in [3.63, 3.8) is 0 Å². The minimum Gasteiger partial charge on any atom is -0.329 e. The molecular formula is C4H3FN2. The summed E-state index contributed by atoms with van der Waals surface area (Å²) in [5, 5.41) is 2.25. The predicted molar refractivity (Wildman–Crippen MR) is 24.3 cm³/mol. The van der Waals surface area contributed by atoms with Crippen LogP contribution in [0.15, 0.2) is 23.3 Å². The number of nitrogens with zero attached hydrogens (tertiary/aromatic N) is 1. The first kappa shape index (κ1) is 4.09. The second-order valence-corrected chi connectivity index (χ2v) is 1.01. The van der Waals surface area contributed by atoms with Gasteiger partial charge in [-0.1, -0.05) is 0 Å². The Hall–Kier alpha value is -1.08. The summed E-state index contributed by atoms with van der Waals surface area (Å²) in [5.41, 5.74) is 0. The molecule has 0 unspecified atom stereocenters. The van der Waals surface area contributed by atoms with Crippen LogP contribution in [0.4, 0.5) is 4.39 Å². The van der Waals surface area contributed by atoms with Gasteiger partial charge >= 0.3 is 0 Å². The molecule has 0 amide bonds. The van der Waals surface area contributed by atoms with Crippen molar-refractivity contribution in [3.05, 3.63) is 18.4 Å². The summed E-state index contributed by atoms with van der Waals surface area (Å²) in [6, 6.07) is 0. The van der Waals surface area contributed by atoms with Crippen LogP contribution in [0.2, 0.25) is 0 Å². The minimum atomic E-state index is -0.539. The molecule has 1 aliphatic heterocycles. The lowest BCUT2D eigenvalue weighted by Gasteiger charge is -1.90. The fourth-order valence-electron chi connectivity index (χ4n) is 0.274. The molecule has 0 aliphatic carbocycles. The van der Waals surface area contributed by atoms with E-state index in [1.807, 2.05) is 0 Å². The van der Waals surface area contributed by atoms with E-state index in [-0.39, 0.29) is 0 Å². The van der Waals surface area contributed by atoms with Crippen molar-refractivity contribution >= 4 is 5.87 Å². The maximum atomic E-state index is 11.7. The molecule has 1 heterocycles. The molecule has 7 heavy (non-hydrogen) atoms. The lowest BCUT2D eigenvalue weighted by atomic mass is 10.7. The zero-order valence-electron chi connectivity index (χ0n) is 3.48. The molecular weight excluding hydrogens is 95.1 g/mol. The van der Waals surface area contributed by atoms with Crippen LogP contribution < -0.4 is 5.32 Å². The van der Waals surface area contributed by atoms with E-state index in [4.69, 9.17) is 0 Å². The normalized spacial score (nSPS) is 15.9. The Balaban J connectivity index is 2.84. The van der Waals surface area contributed by atoms with Gasteiger partial charge in [0, 0.05) is 12.1 Å². The highest BCUT2D eigenvalue weighted by molar-refractivity contribution is 5.56. The maximum Gasteiger partial charge on any atom is 0.253 e. The number of nitrogens with one attached hydrogen (secondary N) is 1. The highest BCUT2D eigenvalue weighted by Gasteiger charge is 1.86. The van der Waals surface area contributed by atoms with Crippen molar-refractivity contribution in [2.45, 2.75) is 0 Å². The van der Waals surface area contributed by atoms with Gasteiger partial charge in [0.25, 0.3) is 5.95 Å². The van der Waals surface area contributed by atoms with Crippen LogP contribution >= 0.6 is 0 Å². The molecule has 0 aromatic rings. The van der Waals surface area contributed by atoms with Crippen LogP contribution in [0.5, 0.6) is 0 Å². The first-order valence-corrected chi connectivity index (χ1v) is 1.79. The van der Waals surface area contributed by atoms with Gasteiger partial charge in [-0.2, -0.15) is 4.39 Å². The largest absolute Gasteiger partial charge is 0.329 e. The van der Waals surface area contributed by atoms with E-state index in [1.165, 1.54) is 12.4 Å². The van der Waals surface area contributed by atoms with Gasteiger partial charge in [-0.15, -0.1) is 0 Å². The molecule has 3 heteroatoms. The van der Waals surface area contributed by atoms with Gasteiger partial charge < -0.3 is 5.32 Å². The fourth-order valence-corrected chi connectivity index (χ4v) is 0.274. The predicted octanol–water partition coefficient (Wildman–Crippen LogP) is 0.541. The van der Waals surface area contributed by atoms with E-state index in [2.05, 4.69) is 16.2 Å². The SMILES string of the molecule is FC1=C=NC=CN1. The second kappa shape index (κ2) is 1.58. The molecule has 0 aromatic carbocycles. The zero-order valence-corrected chi connectivity index (χ0v) is 3.48. The molecule has 1 N–H and O–H groups in total. The van der Waals surface area contributed by atoms with Gasteiger partial charge in [-0.25, -0.2) is 4.99 Å². The molecule has 36 valence electrons. The lowest BCUT2D eigenvalue weighted by Crippen LogP contribution is -2.01. The summed E-state index contributed by atoms with van der Waals surface area (Å²) >= 11 is 0. The third-order valence-corrected chi connectivity index (χ3v) is 0.522. The van der Waals surface area contributed by atoms with Gasteiger partial charge in [0.1, 0.15) is 0 Å². The monoisotopic (exact) mass is 98.0 g/mol. The Bertz CT molecular complexity index is 153. The third-order valence-electron chi connectivity index (χ3n) is 0.522. The molecule has 0 radical (unpaired) electrons.